The van der Waals surface area contributed by atoms with E-state index in [-0.39, 0.29) is 51.0 Å². The summed E-state index contributed by atoms with van der Waals surface area (Å²) < 4.78 is 0. The molecule has 103 valence electrons. The zero-order valence-corrected chi connectivity index (χ0v) is 16.5. The summed E-state index contributed by atoms with van der Waals surface area (Å²) in [4.78, 5) is 0. The fourth-order valence-corrected chi connectivity index (χ4v) is 3.05. The third-order valence-electron chi connectivity index (χ3n) is 4.07. The second-order valence-corrected chi connectivity index (χ2v) is 5.21. The van der Waals surface area contributed by atoms with Gasteiger partial charge in [-0.3, -0.25) is 6.08 Å². The molecule has 2 rings (SSSR count). The zero-order chi connectivity index (χ0) is 12.0. The molecule has 19 heavy (non-hydrogen) atoms. The summed E-state index contributed by atoms with van der Waals surface area (Å²) in [6.45, 7) is 13.5. The van der Waals surface area contributed by atoms with Crippen LogP contribution in [-0.2, 0) is 26.2 Å². The van der Waals surface area contributed by atoms with Crippen molar-refractivity contribution in [1.29, 1.82) is 0 Å². The first kappa shape index (κ1) is 21.7. The summed E-state index contributed by atoms with van der Waals surface area (Å²) in [5, 5.41) is 0. The van der Waals surface area contributed by atoms with Crippen molar-refractivity contribution in [3.8, 4) is 0 Å². The summed E-state index contributed by atoms with van der Waals surface area (Å²) >= 11 is 0. The van der Waals surface area contributed by atoms with Crippen molar-refractivity contribution in [2.24, 2.45) is 11.8 Å². The number of hydrogen-bond donors (Lipinski definition) is 0. The van der Waals surface area contributed by atoms with Crippen molar-refractivity contribution in [3.05, 3.63) is 45.6 Å². The van der Waals surface area contributed by atoms with Gasteiger partial charge in [-0.25, -0.2) is 5.57 Å². The minimum absolute atomic E-state index is 0. The van der Waals surface area contributed by atoms with Crippen molar-refractivity contribution in [2.45, 2.75) is 41.5 Å². The van der Waals surface area contributed by atoms with Crippen molar-refractivity contribution < 1.29 is 51.0 Å². The maximum atomic E-state index is 3.53. The Hall–Kier alpha value is 0.423. The molecule has 0 bridgehead atoms. The molecule has 0 aromatic heterocycles. The van der Waals surface area contributed by atoms with Gasteiger partial charge < -0.3 is 24.8 Å². The molecular formula is C16H21Cl2Zr. The van der Waals surface area contributed by atoms with E-state index in [0.29, 0.717) is 11.8 Å². The molecule has 2 atom stereocenters. The number of halogens is 2. The van der Waals surface area contributed by atoms with Crippen LogP contribution in [0, 0.1) is 17.9 Å². The molecule has 0 amide bonds. The minimum atomic E-state index is 0. The van der Waals surface area contributed by atoms with E-state index < -0.39 is 0 Å². The topological polar surface area (TPSA) is 0 Å². The van der Waals surface area contributed by atoms with Crippen LogP contribution in [-0.4, -0.2) is 0 Å². The van der Waals surface area contributed by atoms with E-state index >= 15 is 0 Å². The summed E-state index contributed by atoms with van der Waals surface area (Å²) in [7, 11) is 0. The number of hydrogen-bond acceptors (Lipinski definition) is 0. The molecule has 0 heterocycles. The van der Waals surface area contributed by atoms with Gasteiger partial charge in [0.15, 0.2) is 0 Å². The molecule has 0 nitrogen and oxygen atoms in total. The fourth-order valence-electron chi connectivity index (χ4n) is 3.05. The van der Waals surface area contributed by atoms with Gasteiger partial charge in [0.25, 0.3) is 0 Å². The van der Waals surface area contributed by atoms with Gasteiger partial charge in [0.05, 0.1) is 0 Å². The van der Waals surface area contributed by atoms with Crippen LogP contribution >= 0.6 is 0 Å². The third-order valence-corrected chi connectivity index (χ3v) is 4.07. The molecule has 0 N–H and O–H groups in total. The van der Waals surface area contributed by atoms with Crippen LogP contribution in [0.25, 0.3) is 0 Å². The Labute approximate surface area is 149 Å². The van der Waals surface area contributed by atoms with Crippen LogP contribution in [0.5, 0.6) is 0 Å². The first-order valence-electron chi connectivity index (χ1n) is 6.14. The average Bonchev–Trinajstić information content (AvgIpc) is 2.57. The molecule has 2 aliphatic rings. The molecule has 0 aromatic carbocycles. The third kappa shape index (κ3) is 3.75. The predicted octanol–water partition coefficient (Wildman–Crippen LogP) is -1.38. The molecule has 0 saturated carbocycles. The van der Waals surface area contributed by atoms with E-state index in [1.54, 1.807) is 5.57 Å². The SMILES string of the molecule is CC1=[C-]C(C)C(C2=C(C)C(C)=CC2C)=C1C.[Cl-].[Cl-].[Zr+3]. The van der Waals surface area contributed by atoms with Crippen LogP contribution in [0.15, 0.2) is 39.5 Å². The summed E-state index contributed by atoms with van der Waals surface area (Å²) in [6, 6.07) is 0. The average molecular weight is 375 g/mol. The van der Waals surface area contributed by atoms with Crippen molar-refractivity contribution in [1.82, 2.24) is 0 Å². The van der Waals surface area contributed by atoms with E-state index in [1.165, 1.54) is 27.9 Å². The molecule has 0 fully saturated rings. The molecule has 0 aromatic rings. The second-order valence-electron chi connectivity index (χ2n) is 5.21. The van der Waals surface area contributed by atoms with Gasteiger partial charge in [0.1, 0.15) is 0 Å². The summed E-state index contributed by atoms with van der Waals surface area (Å²) in [6.07, 6.45) is 5.91. The van der Waals surface area contributed by atoms with Gasteiger partial charge in [-0.05, 0) is 25.3 Å². The predicted molar refractivity (Wildman–Crippen MR) is 69.9 cm³/mol. The van der Waals surface area contributed by atoms with Crippen molar-refractivity contribution in [3.63, 3.8) is 0 Å². The number of allylic oxidation sites excluding steroid dienone is 8. The molecule has 2 aliphatic carbocycles. The van der Waals surface area contributed by atoms with E-state index in [2.05, 4.69) is 53.7 Å². The molecule has 0 aliphatic heterocycles. The Bertz CT molecular complexity index is 423. The van der Waals surface area contributed by atoms with Crippen molar-refractivity contribution in [2.75, 3.05) is 0 Å². The maximum absolute atomic E-state index is 3.53. The Kier molecular flexibility index (Phi) is 9.16. The van der Waals surface area contributed by atoms with E-state index in [0.717, 1.165) is 0 Å². The van der Waals surface area contributed by atoms with Gasteiger partial charge in [-0.1, -0.05) is 43.9 Å². The first-order valence-corrected chi connectivity index (χ1v) is 6.14. The fraction of sp³-hybridized carbons (Fsp3) is 0.500. The standard InChI is InChI=1S/C16H21.2ClH.Zr/c1-9-7-11(3)15(13(9)5)16-12(4)8-10(2)14(16)6;;;/h7,11-12H,1-6H3;2*1H;/q-1;;;+3/p-2. The second kappa shape index (κ2) is 8.01. The Balaban J connectivity index is 0. The van der Waals surface area contributed by atoms with Gasteiger partial charge in [0, 0.05) is 0 Å². The molecule has 0 saturated heterocycles. The van der Waals surface area contributed by atoms with Gasteiger partial charge in [0.2, 0.25) is 0 Å². The van der Waals surface area contributed by atoms with E-state index in [1.807, 2.05) is 0 Å². The van der Waals surface area contributed by atoms with Crippen LogP contribution in [0.4, 0.5) is 0 Å². The van der Waals surface area contributed by atoms with E-state index in [9.17, 15) is 0 Å². The summed E-state index contributed by atoms with van der Waals surface area (Å²) in [5.74, 6) is 1.03. The van der Waals surface area contributed by atoms with Crippen LogP contribution in [0.2, 0.25) is 0 Å². The largest absolute Gasteiger partial charge is 3.00 e. The monoisotopic (exact) mass is 373 g/mol. The Morgan fingerprint density at radius 1 is 0.895 bits per heavy atom. The van der Waals surface area contributed by atoms with Crippen LogP contribution < -0.4 is 24.8 Å². The van der Waals surface area contributed by atoms with Crippen molar-refractivity contribution >= 4 is 0 Å². The smallest absolute Gasteiger partial charge is 1.00 e. The van der Waals surface area contributed by atoms with E-state index in [4.69, 9.17) is 0 Å². The zero-order valence-electron chi connectivity index (χ0n) is 12.5. The molecular weight excluding hydrogens is 354 g/mol. The summed E-state index contributed by atoms with van der Waals surface area (Å²) in [5.41, 5.74) is 8.77. The van der Waals surface area contributed by atoms with Gasteiger partial charge in [-0.2, -0.15) is 5.57 Å². The quantitative estimate of drug-likeness (QED) is 0.496. The molecule has 0 spiro atoms. The minimum Gasteiger partial charge on any atom is -1.00 e. The van der Waals surface area contributed by atoms with Crippen LogP contribution in [0.3, 0.4) is 0 Å². The molecule has 2 unspecified atom stereocenters. The molecule has 1 radical (unpaired) electrons. The van der Waals surface area contributed by atoms with Gasteiger partial charge >= 0.3 is 26.2 Å². The maximum Gasteiger partial charge on any atom is 3.00 e. The number of rotatable bonds is 1. The first-order chi connectivity index (χ1) is 7.43. The Morgan fingerprint density at radius 2 is 1.42 bits per heavy atom. The van der Waals surface area contributed by atoms with Gasteiger partial charge in [-0.15, -0.1) is 12.5 Å². The van der Waals surface area contributed by atoms with Crippen LogP contribution in [0.1, 0.15) is 41.5 Å². The Morgan fingerprint density at radius 3 is 1.74 bits per heavy atom. The normalized spacial score (nSPS) is 25.4. The molecule has 3 heteroatoms.